The highest BCUT2D eigenvalue weighted by atomic mass is 35.5. The average Bonchev–Trinajstić information content (AvgIpc) is 2.47. The normalized spacial score (nSPS) is 20.4. The van der Waals surface area contributed by atoms with E-state index in [-0.39, 0.29) is 18.4 Å². The zero-order valence-electron chi connectivity index (χ0n) is 11.7. The summed E-state index contributed by atoms with van der Waals surface area (Å²) in [5, 5.41) is 3.17. The molecule has 7 heteroatoms. The van der Waals surface area contributed by atoms with E-state index in [1.807, 2.05) is 25.4 Å². The van der Waals surface area contributed by atoms with Gasteiger partial charge in [-0.2, -0.15) is 4.31 Å². The lowest BCUT2D eigenvalue weighted by Gasteiger charge is -2.31. The molecule has 1 aromatic carbocycles. The van der Waals surface area contributed by atoms with Crippen LogP contribution in [0.2, 0.25) is 0 Å². The van der Waals surface area contributed by atoms with E-state index in [1.165, 1.54) is 0 Å². The molecule has 0 amide bonds. The summed E-state index contributed by atoms with van der Waals surface area (Å²) in [6, 6.07) is 7.37. The van der Waals surface area contributed by atoms with Crippen molar-refractivity contribution in [3.63, 3.8) is 0 Å². The molecular weight excluding hydrogens is 316 g/mol. The molecule has 0 saturated carbocycles. The highest BCUT2D eigenvalue weighted by molar-refractivity contribution is 7.98. The van der Waals surface area contributed by atoms with Gasteiger partial charge in [0.1, 0.15) is 0 Å². The molecule has 1 atom stereocenters. The van der Waals surface area contributed by atoms with Crippen LogP contribution in [-0.2, 0) is 10.0 Å². The van der Waals surface area contributed by atoms with Gasteiger partial charge in [0, 0.05) is 24.0 Å². The minimum Gasteiger partial charge on any atom is -0.316 e. The molecule has 1 aromatic rings. The van der Waals surface area contributed by atoms with Gasteiger partial charge in [-0.1, -0.05) is 0 Å². The van der Waals surface area contributed by atoms with Crippen LogP contribution in [0.5, 0.6) is 0 Å². The molecule has 1 unspecified atom stereocenters. The highest BCUT2D eigenvalue weighted by Gasteiger charge is 2.29. The zero-order valence-corrected chi connectivity index (χ0v) is 14.2. The number of nitrogens with one attached hydrogen (secondary N) is 1. The van der Waals surface area contributed by atoms with Crippen LogP contribution >= 0.6 is 24.2 Å². The van der Waals surface area contributed by atoms with Crippen molar-refractivity contribution in [1.29, 1.82) is 0 Å². The Hall–Kier alpha value is -0.270. The molecule has 0 radical (unpaired) electrons. The van der Waals surface area contributed by atoms with Crippen molar-refractivity contribution < 1.29 is 8.42 Å². The number of thioether (sulfide) groups is 1. The summed E-state index contributed by atoms with van der Waals surface area (Å²) in [6.07, 6.45) is 3.92. The lowest BCUT2D eigenvalue weighted by Crippen LogP contribution is -2.46. The Morgan fingerprint density at radius 2 is 1.95 bits per heavy atom. The predicted octanol–water partition coefficient (Wildman–Crippen LogP) is 2.20. The standard InChI is InChI=1S/C13H20N2O2S2.ClH/c1-14-11-4-3-9-15(10-11)19(16,17)13-7-5-12(18-2)6-8-13;/h5-8,11,14H,3-4,9-10H2,1-2H3;1H. The third-order valence-electron chi connectivity index (χ3n) is 3.49. The van der Waals surface area contributed by atoms with Gasteiger partial charge in [0.2, 0.25) is 10.0 Å². The number of nitrogens with zero attached hydrogens (tertiary/aromatic N) is 1. The zero-order chi connectivity index (χ0) is 13.9. The third-order valence-corrected chi connectivity index (χ3v) is 6.11. The van der Waals surface area contributed by atoms with Gasteiger partial charge in [-0.15, -0.1) is 24.2 Å². The van der Waals surface area contributed by atoms with Gasteiger partial charge >= 0.3 is 0 Å². The predicted molar refractivity (Wildman–Crippen MR) is 86.3 cm³/mol. The van der Waals surface area contributed by atoms with E-state index in [4.69, 9.17) is 0 Å². The summed E-state index contributed by atoms with van der Waals surface area (Å²) in [7, 11) is -1.46. The molecule has 1 fully saturated rings. The molecule has 0 spiro atoms. The third kappa shape index (κ3) is 3.89. The Balaban J connectivity index is 0.00000200. The Bertz CT molecular complexity index is 520. The van der Waals surface area contributed by atoms with Crippen molar-refractivity contribution >= 4 is 34.2 Å². The minimum atomic E-state index is -3.35. The Morgan fingerprint density at radius 3 is 2.50 bits per heavy atom. The summed E-state index contributed by atoms with van der Waals surface area (Å²) >= 11 is 1.61. The van der Waals surface area contributed by atoms with Crippen molar-refractivity contribution in [2.75, 3.05) is 26.4 Å². The Morgan fingerprint density at radius 1 is 1.30 bits per heavy atom. The maximum absolute atomic E-state index is 12.5. The first-order valence-electron chi connectivity index (χ1n) is 6.39. The maximum atomic E-state index is 12.5. The van der Waals surface area contributed by atoms with Gasteiger partial charge in [-0.05, 0) is 50.4 Å². The first-order valence-corrected chi connectivity index (χ1v) is 9.06. The average molecular weight is 337 g/mol. The monoisotopic (exact) mass is 336 g/mol. The fraction of sp³-hybridized carbons (Fsp3) is 0.538. The van der Waals surface area contributed by atoms with Crippen LogP contribution in [0, 0.1) is 0 Å². The van der Waals surface area contributed by atoms with Crippen LogP contribution in [0.4, 0.5) is 0 Å². The fourth-order valence-electron chi connectivity index (χ4n) is 2.29. The first kappa shape index (κ1) is 17.8. The number of halogens is 1. The highest BCUT2D eigenvalue weighted by Crippen LogP contribution is 2.23. The van der Waals surface area contributed by atoms with Crippen molar-refractivity contribution in [2.45, 2.75) is 28.7 Å². The maximum Gasteiger partial charge on any atom is 0.243 e. The van der Waals surface area contributed by atoms with Gasteiger partial charge in [0.15, 0.2) is 0 Å². The molecule has 1 saturated heterocycles. The van der Waals surface area contributed by atoms with Crippen LogP contribution in [-0.4, -0.2) is 45.2 Å². The van der Waals surface area contributed by atoms with Gasteiger partial charge in [0.25, 0.3) is 0 Å². The number of piperidine rings is 1. The number of hydrogen-bond donors (Lipinski definition) is 1. The number of sulfonamides is 1. The Labute approximate surface area is 131 Å². The molecule has 0 aromatic heterocycles. The molecule has 1 aliphatic heterocycles. The molecule has 2 rings (SSSR count). The Kier molecular flexibility index (Phi) is 6.81. The SMILES string of the molecule is CNC1CCCN(S(=O)(=O)c2ccc(SC)cc2)C1.Cl. The van der Waals surface area contributed by atoms with Gasteiger partial charge in [0.05, 0.1) is 4.90 Å². The van der Waals surface area contributed by atoms with E-state index in [9.17, 15) is 8.42 Å². The molecule has 1 N–H and O–H groups in total. The second-order valence-electron chi connectivity index (χ2n) is 4.67. The van der Waals surface area contributed by atoms with E-state index in [0.29, 0.717) is 18.0 Å². The molecule has 0 aliphatic carbocycles. The molecule has 20 heavy (non-hydrogen) atoms. The first-order chi connectivity index (χ1) is 9.07. The van der Waals surface area contributed by atoms with Crippen LogP contribution in [0.25, 0.3) is 0 Å². The van der Waals surface area contributed by atoms with Crippen LogP contribution in [0.15, 0.2) is 34.1 Å². The quantitative estimate of drug-likeness (QED) is 0.856. The van der Waals surface area contributed by atoms with Crippen molar-refractivity contribution in [1.82, 2.24) is 9.62 Å². The van der Waals surface area contributed by atoms with E-state index in [2.05, 4.69) is 5.32 Å². The van der Waals surface area contributed by atoms with Crippen LogP contribution < -0.4 is 5.32 Å². The lowest BCUT2D eigenvalue weighted by atomic mass is 10.1. The summed E-state index contributed by atoms with van der Waals surface area (Å²) < 4.78 is 26.7. The summed E-state index contributed by atoms with van der Waals surface area (Å²) in [5.41, 5.74) is 0. The lowest BCUT2D eigenvalue weighted by molar-refractivity contribution is 0.293. The fourth-order valence-corrected chi connectivity index (χ4v) is 4.23. The van der Waals surface area contributed by atoms with Crippen molar-refractivity contribution in [3.8, 4) is 0 Å². The smallest absolute Gasteiger partial charge is 0.243 e. The largest absolute Gasteiger partial charge is 0.316 e. The number of benzene rings is 1. The van der Waals surface area contributed by atoms with Crippen molar-refractivity contribution in [2.24, 2.45) is 0 Å². The van der Waals surface area contributed by atoms with Crippen LogP contribution in [0.3, 0.4) is 0 Å². The molecule has 1 aliphatic rings. The second kappa shape index (κ2) is 7.66. The summed E-state index contributed by atoms with van der Waals surface area (Å²) in [6.45, 7) is 1.17. The molecular formula is C13H21ClN2O2S2. The van der Waals surface area contributed by atoms with Gasteiger partial charge < -0.3 is 5.32 Å². The molecule has 4 nitrogen and oxygen atoms in total. The molecule has 114 valence electrons. The number of hydrogen-bond acceptors (Lipinski definition) is 4. The van der Waals surface area contributed by atoms with E-state index < -0.39 is 10.0 Å². The number of likely N-dealkylation sites (N-methyl/N-ethyl adjacent to an activating group) is 1. The summed E-state index contributed by atoms with van der Waals surface area (Å²) in [4.78, 5) is 1.47. The van der Waals surface area contributed by atoms with E-state index in [1.54, 1.807) is 28.2 Å². The topological polar surface area (TPSA) is 49.4 Å². The molecule has 0 bridgehead atoms. The molecule has 1 heterocycles. The van der Waals surface area contributed by atoms with Gasteiger partial charge in [-0.25, -0.2) is 8.42 Å². The van der Waals surface area contributed by atoms with Crippen molar-refractivity contribution in [3.05, 3.63) is 24.3 Å². The van der Waals surface area contributed by atoms with E-state index in [0.717, 1.165) is 17.7 Å². The van der Waals surface area contributed by atoms with Crippen LogP contribution in [0.1, 0.15) is 12.8 Å². The minimum absolute atomic E-state index is 0. The van der Waals surface area contributed by atoms with Gasteiger partial charge in [-0.3, -0.25) is 0 Å². The second-order valence-corrected chi connectivity index (χ2v) is 7.48. The summed E-state index contributed by atoms with van der Waals surface area (Å²) in [5.74, 6) is 0. The van der Waals surface area contributed by atoms with E-state index >= 15 is 0 Å². The number of rotatable bonds is 4.